The van der Waals surface area contributed by atoms with Crippen LogP contribution in [0.2, 0.25) is 0 Å². The zero-order valence-corrected chi connectivity index (χ0v) is 17.7. The van der Waals surface area contributed by atoms with Gasteiger partial charge in [0.15, 0.2) is 5.82 Å². The van der Waals surface area contributed by atoms with E-state index >= 15 is 0 Å². The van der Waals surface area contributed by atoms with Crippen LogP contribution in [0.25, 0.3) is 0 Å². The first-order valence-electron chi connectivity index (χ1n) is 9.92. The molecule has 0 spiro atoms. The zero-order chi connectivity index (χ0) is 20.7. The van der Waals surface area contributed by atoms with E-state index in [1.54, 1.807) is 18.0 Å². The third-order valence-electron chi connectivity index (χ3n) is 5.06. The van der Waals surface area contributed by atoms with Gasteiger partial charge in [0, 0.05) is 19.8 Å². The first kappa shape index (κ1) is 21.3. The van der Waals surface area contributed by atoms with Crippen LogP contribution in [0.1, 0.15) is 63.6 Å². The summed E-state index contributed by atoms with van der Waals surface area (Å²) in [5.41, 5.74) is 0.0823. The highest BCUT2D eigenvalue weighted by Crippen LogP contribution is 2.34. The first-order chi connectivity index (χ1) is 14.0. The maximum atomic E-state index is 12.2. The topological polar surface area (TPSA) is 110 Å². The Morgan fingerprint density at radius 2 is 1.97 bits per heavy atom. The molecule has 0 aromatic carbocycles. The summed E-state index contributed by atoms with van der Waals surface area (Å²) in [6.07, 6.45) is 10.0. The van der Waals surface area contributed by atoms with Crippen molar-refractivity contribution >= 4 is 29.3 Å². The largest absolute Gasteiger partial charge is 0.343 e. The Labute approximate surface area is 174 Å². The predicted molar refractivity (Wildman–Crippen MR) is 110 cm³/mol. The molecular formula is C20H27N5O3S. The van der Waals surface area contributed by atoms with E-state index < -0.39 is 5.54 Å². The van der Waals surface area contributed by atoms with Crippen LogP contribution in [0.15, 0.2) is 27.9 Å². The van der Waals surface area contributed by atoms with Crippen molar-refractivity contribution in [2.24, 2.45) is 0 Å². The second-order valence-corrected chi connectivity index (χ2v) is 8.15. The van der Waals surface area contributed by atoms with Gasteiger partial charge in [0.25, 0.3) is 0 Å². The lowest BCUT2D eigenvalue weighted by molar-refractivity contribution is -0.121. The highest BCUT2D eigenvalue weighted by Gasteiger charge is 2.38. The van der Waals surface area contributed by atoms with Gasteiger partial charge in [-0.1, -0.05) is 30.8 Å². The number of aromatic nitrogens is 3. The van der Waals surface area contributed by atoms with Crippen molar-refractivity contribution in [2.45, 2.75) is 68.9 Å². The molecule has 1 aliphatic rings. The van der Waals surface area contributed by atoms with Crippen molar-refractivity contribution in [3.8, 4) is 0 Å². The average Bonchev–Trinajstić information content (AvgIpc) is 3.07. The summed E-state index contributed by atoms with van der Waals surface area (Å²) in [4.78, 5) is 32.7. The van der Waals surface area contributed by atoms with Crippen LogP contribution < -0.4 is 10.6 Å². The van der Waals surface area contributed by atoms with Crippen molar-refractivity contribution in [3.05, 3.63) is 30.0 Å². The lowest BCUT2D eigenvalue weighted by Gasteiger charge is -2.30. The third kappa shape index (κ3) is 5.79. The van der Waals surface area contributed by atoms with Gasteiger partial charge in [0.1, 0.15) is 5.54 Å². The minimum Gasteiger partial charge on any atom is -0.343 e. The predicted octanol–water partition coefficient (Wildman–Crippen LogP) is 3.44. The fourth-order valence-corrected chi connectivity index (χ4v) is 4.01. The molecule has 2 heterocycles. The van der Waals surface area contributed by atoms with E-state index in [0.29, 0.717) is 23.8 Å². The second-order valence-electron chi connectivity index (χ2n) is 7.33. The molecule has 2 amide bonds. The van der Waals surface area contributed by atoms with Gasteiger partial charge in [-0.2, -0.15) is 4.98 Å². The molecule has 3 rings (SSSR count). The number of pyridine rings is 1. The number of carbonyl (C=O) groups excluding carboxylic acids is 2. The number of nitrogens with zero attached hydrogens (tertiary/aromatic N) is 3. The highest BCUT2D eigenvalue weighted by atomic mass is 32.2. The van der Waals surface area contributed by atoms with E-state index in [2.05, 4.69) is 25.8 Å². The SMILES string of the molecule is CSc1ccc(NC(=O)CCc2nc(C3(NC(C)=O)CCCCCC3)no2)cn1. The summed E-state index contributed by atoms with van der Waals surface area (Å²) < 4.78 is 5.39. The summed E-state index contributed by atoms with van der Waals surface area (Å²) in [6.45, 7) is 1.51. The second kappa shape index (κ2) is 9.87. The van der Waals surface area contributed by atoms with Crippen LogP contribution in [0, 0.1) is 0 Å². The van der Waals surface area contributed by atoms with Crippen molar-refractivity contribution < 1.29 is 14.1 Å². The Morgan fingerprint density at radius 1 is 1.21 bits per heavy atom. The number of nitrogens with one attached hydrogen (secondary N) is 2. The smallest absolute Gasteiger partial charge is 0.227 e. The molecule has 1 fully saturated rings. The summed E-state index contributed by atoms with van der Waals surface area (Å²) in [7, 11) is 0. The fourth-order valence-electron chi connectivity index (χ4n) is 3.64. The van der Waals surface area contributed by atoms with Gasteiger partial charge < -0.3 is 15.2 Å². The molecule has 0 bridgehead atoms. The van der Waals surface area contributed by atoms with Crippen LogP contribution in [-0.2, 0) is 21.5 Å². The van der Waals surface area contributed by atoms with Crippen molar-refractivity contribution in [3.63, 3.8) is 0 Å². The van der Waals surface area contributed by atoms with Gasteiger partial charge >= 0.3 is 0 Å². The van der Waals surface area contributed by atoms with Crippen LogP contribution in [0.5, 0.6) is 0 Å². The lowest BCUT2D eigenvalue weighted by atomic mass is 9.89. The number of aryl methyl sites for hydroxylation is 1. The molecule has 0 unspecified atom stereocenters. The molecule has 2 aromatic heterocycles. The molecule has 0 radical (unpaired) electrons. The minimum absolute atomic E-state index is 0.0984. The number of anilines is 1. The Kier molecular flexibility index (Phi) is 7.24. The summed E-state index contributed by atoms with van der Waals surface area (Å²) in [5, 5.41) is 10.9. The number of hydrogen-bond acceptors (Lipinski definition) is 7. The van der Waals surface area contributed by atoms with Crippen LogP contribution >= 0.6 is 11.8 Å². The molecule has 1 saturated carbocycles. The van der Waals surface area contributed by atoms with Crippen LogP contribution in [0.4, 0.5) is 5.69 Å². The first-order valence-corrected chi connectivity index (χ1v) is 11.1. The van der Waals surface area contributed by atoms with Gasteiger partial charge in [-0.25, -0.2) is 4.98 Å². The van der Waals surface area contributed by atoms with Gasteiger partial charge in [0.2, 0.25) is 17.7 Å². The number of carbonyl (C=O) groups is 2. The molecule has 0 aliphatic heterocycles. The molecular weight excluding hydrogens is 390 g/mol. The van der Waals surface area contributed by atoms with Crippen molar-refractivity contribution in [1.29, 1.82) is 0 Å². The Bertz CT molecular complexity index is 829. The summed E-state index contributed by atoms with van der Waals surface area (Å²) >= 11 is 1.54. The Balaban J connectivity index is 1.60. The van der Waals surface area contributed by atoms with E-state index in [-0.39, 0.29) is 18.2 Å². The lowest BCUT2D eigenvalue weighted by Crippen LogP contribution is -2.45. The van der Waals surface area contributed by atoms with E-state index in [4.69, 9.17) is 4.52 Å². The van der Waals surface area contributed by atoms with Crippen molar-refractivity contribution in [2.75, 3.05) is 11.6 Å². The molecule has 156 valence electrons. The monoisotopic (exact) mass is 417 g/mol. The highest BCUT2D eigenvalue weighted by molar-refractivity contribution is 7.98. The quantitative estimate of drug-likeness (QED) is 0.524. The summed E-state index contributed by atoms with van der Waals surface area (Å²) in [6, 6.07) is 3.68. The van der Waals surface area contributed by atoms with E-state index in [9.17, 15) is 9.59 Å². The van der Waals surface area contributed by atoms with E-state index in [1.165, 1.54) is 6.92 Å². The fraction of sp³-hybridized carbons (Fsp3) is 0.550. The van der Waals surface area contributed by atoms with E-state index in [0.717, 1.165) is 43.6 Å². The molecule has 2 aromatic rings. The minimum atomic E-state index is -0.572. The van der Waals surface area contributed by atoms with Gasteiger partial charge in [-0.05, 0) is 31.2 Å². The summed E-state index contributed by atoms with van der Waals surface area (Å²) in [5.74, 6) is 0.676. The third-order valence-corrected chi connectivity index (χ3v) is 5.72. The van der Waals surface area contributed by atoms with Gasteiger partial charge in [-0.3, -0.25) is 9.59 Å². The number of thioether (sulfide) groups is 1. The standard InChI is InChI=1S/C20H27N5O3S/c1-14(26)24-20(11-5-3-4-6-12-20)19-23-17(28-25-19)9-8-16(27)22-15-7-10-18(29-2)21-13-15/h7,10,13H,3-6,8-9,11-12H2,1-2H3,(H,22,27)(H,24,26). The maximum Gasteiger partial charge on any atom is 0.227 e. The number of rotatable bonds is 7. The molecule has 8 nitrogen and oxygen atoms in total. The van der Waals surface area contributed by atoms with E-state index in [1.807, 2.05) is 18.4 Å². The molecule has 29 heavy (non-hydrogen) atoms. The number of amides is 2. The normalized spacial score (nSPS) is 16.1. The van der Waals surface area contributed by atoms with Crippen LogP contribution in [0.3, 0.4) is 0 Å². The van der Waals surface area contributed by atoms with Gasteiger partial charge in [-0.15, -0.1) is 11.8 Å². The Hall–Kier alpha value is -2.42. The molecule has 0 atom stereocenters. The molecule has 1 aliphatic carbocycles. The van der Waals surface area contributed by atoms with Crippen molar-refractivity contribution in [1.82, 2.24) is 20.4 Å². The molecule has 9 heteroatoms. The molecule has 2 N–H and O–H groups in total. The zero-order valence-electron chi connectivity index (χ0n) is 16.9. The van der Waals surface area contributed by atoms with Gasteiger partial charge in [0.05, 0.1) is 16.9 Å². The average molecular weight is 418 g/mol. The Morgan fingerprint density at radius 3 is 2.59 bits per heavy atom. The maximum absolute atomic E-state index is 12.2. The number of hydrogen-bond donors (Lipinski definition) is 2. The molecule has 0 saturated heterocycles. The van der Waals surface area contributed by atoms with Crippen LogP contribution in [-0.4, -0.2) is 33.2 Å².